The number of rotatable bonds is 3. The molecule has 25 heavy (non-hydrogen) atoms. The largest absolute Gasteiger partial charge is 0.305 e. The molecule has 0 saturated heterocycles. The van der Waals surface area contributed by atoms with Crippen LogP contribution in [0, 0.1) is 19.7 Å². The van der Waals surface area contributed by atoms with Crippen molar-refractivity contribution in [3.05, 3.63) is 81.7 Å². The van der Waals surface area contributed by atoms with Crippen molar-refractivity contribution in [2.75, 3.05) is 5.32 Å². The summed E-state index contributed by atoms with van der Waals surface area (Å²) in [5, 5.41) is 6.58. The average molecular weight is 338 g/mol. The SMILES string of the molecule is Cc1cccc(NC(=O)c2nn(-c3ccccc3F)c(C)cc2=O)n1. The monoisotopic (exact) mass is 338 g/mol. The number of carbonyl (C=O) groups excluding carboxylic acids is 1. The summed E-state index contributed by atoms with van der Waals surface area (Å²) in [5.74, 6) is -0.897. The van der Waals surface area contributed by atoms with Crippen molar-refractivity contribution >= 4 is 11.7 Å². The van der Waals surface area contributed by atoms with Crippen LogP contribution in [-0.4, -0.2) is 20.7 Å². The van der Waals surface area contributed by atoms with Crippen molar-refractivity contribution in [2.45, 2.75) is 13.8 Å². The molecule has 0 spiro atoms. The van der Waals surface area contributed by atoms with Crippen LogP contribution in [0.4, 0.5) is 10.2 Å². The summed E-state index contributed by atoms with van der Waals surface area (Å²) in [7, 11) is 0. The molecule has 0 aliphatic carbocycles. The Morgan fingerprint density at radius 2 is 1.88 bits per heavy atom. The number of nitrogens with zero attached hydrogens (tertiary/aromatic N) is 3. The Bertz CT molecular complexity index is 1010. The normalized spacial score (nSPS) is 10.5. The highest BCUT2D eigenvalue weighted by atomic mass is 19.1. The molecule has 0 radical (unpaired) electrons. The van der Waals surface area contributed by atoms with Crippen LogP contribution in [0.1, 0.15) is 21.9 Å². The lowest BCUT2D eigenvalue weighted by Crippen LogP contribution is -2.27. The molecule has 0 bridgehead atoms. The first-order valence-corrected chi connectivity index (χ1v) is 7.56. The number of aromatic nitrogens is 3. The Hall–Kier alpha value is -3.35. The van der Waals surface area contributed by atoms with Gasteiger partial charge in [0.05, 0.1) is 0 Å². The Kier molecular flexibility index (Phi) is 4.38. The van der Waals surface area contributed by atoms with E-state index in [2.05, 4.69) is 15.4 Å². The lowest BCUT2D eigenvalue weighted by Gasteiger charge is -2.12. The Balaban J connectivity index is 2.02. The Morgan fingerprint density at radius 1 is 1.12 bits per heavy atom. The zero-order valence-electron chi connectivity index (χ0n) is 13.7. The molecule has 0 unspecified atom stereocenters. The number of hydrogen-bond donors (Lipinski definition) is 1. The minimum atomic E-state index is -0.701. The van der Waals surface area contributed by atoms with E-state index < -0.39 is 17.2 Å². The maximum absolute atomic E-state index is 14.0. The lowest BCUT2D eigenvalue weighted by atomic mass is 10.2. The molecule has 0 aliphatic rings. The molecule has 1 aromatic carbocycles. The predicted molar refractivity (Wildman–Crippen MR) is 91.5 cm³/mol. The van der Waals surface area contributed by atoms with E-state index in [0.717, 1.165) is 5.69 Å². The summed E-state index contributed by atoms with van der Waals surface area (Å²) in [6, 6.07) is 12.4. The van der Waals surface area contributed by atoms with E-state index in [1.165, 1.54) is 22.9 Å². The third-order valence-electron chi connectivity index (χ3n) is 3.53. The highest BCUT2D eigenvalue weighted by molar-refractivity contribution is 6.02. The topological polar surface area (TPSA) is 76.9 Å². The molecule has 6 nitrogen and oxygen atoms in total. The zero-order valence-corrected chi connectivity index (χ0v) is 13.7. The van der Waals surface area contributed by atoms with Gasteiger partial charge >= 0.3 is 0 Å². The van der Waals surface area contributed by atoms with Crippen molar-refractivity contribution < 1.29 is 9.18 Å². The van der Waals surface area contributed by atoms with Crippen LogP contribution < -0.4 is 10.7 Å². The molecule has 2 aromatic heterocycles. The maximum atomic E-state index is 14.0. The molecule has 3 aromatic rings. The molecule has 1 amide bonds. The van der Waals surface area contributed by atoms with E-state index in [4.69, 9.17) is 0 Å². The van der Waals surface area contributed by atoms with E-state index in [1.807, 2.05) is 0 Å². The van der Waals surface area contributed by atoms with Gasteiger partial charge in [0, 0.05) is 17.5 Å². The Labute approximate surface area is 143 Å². The maximum Gasteiger partial charge on any atom is 0.281 e. The van der Waals surface area contributed by atoms with Crippen molar-refractivity contribution in [1.82, 2.24) is 14.8 Å². The van der Waals surface area contributed by atoms with Crippen LogP contribution in [0.5, 0.6) is 0 Å². The molecular weight excluding hydrogens is 323 g/mol. The van der Waals surface area contributed by atoms with E-state index in [-0.39, 0.29) is 11.4 Å². The number of benzene rings is 1. The van der Waals surface area contributed by atoms with E-state index in [9.17, 15) is 14.0 Å². The van der Waals surface area contributed by atoms with Gasteiger partial charge in [0.1, 0.15) is 17.3 Å². The molecule has 1 N–H and O–H groups in total. The van der Waals surface area contributed by atoms with Gasteiger partial charge in [0.15, 0.2) is 5.69 Å². The fraction of sp³-hybridized carbons (Fsp3) is 0.111. The molecule has 126 valence electrons. The van der Waals surface area contributed by atoms with Crippen LogP contribution in [0.15, 0.2) is 53.3 Å². The second-order valence-electron chi connectivity index (χ2n) is 5.48. The van der Waals surface area contributed by atoms with E-state index in [1.54, 1.807) is 44.2 Å². The summed E-state index contributed by atoms with van der Waals surface area (Å²) >= 11 is 0. The summed E-state index contributed by atoms with van der Waals surface area (Å²) in [4.78, 5) is 28.7. The third-order valence-corrected chi connectivity index (χ3v) is 3.53. The van der Waals surface area contributed by atoms with Crippen LogP contribution >= 0.6 is 0 Å². The first-order chi connectivity index (χ1) is 12.0. The number of aryl methyl sites for hydroxylation is 2. The summed E-state index contributed by atoms with van der Waals surface area (Å²) in [6.45, 7) is 3.40. The van der Waals surface area contributed by atoms with Gasteiger partial charge in [-0.3, -0.25) is 9.59 Å². The fourth-order valence-electron chi connectivity index (χ4n) is 2.36. The van der Waals surface area contributed by atoms with Gasteiger partial charge in [-0.15, -0.1) is 0 Å². The van der Waals surface area contributed by atoms with Crippen molar-refractivity contribution in [1.29, 1.82) is 0 Å². The number of para-hydroxylation sites is 1. The second-order valence-corrected chi connectivity index (χ2v) is 5.48. The first-order valence-electron chi connectivity index (χ1n) is 7.56. The van der Waals surface area contributed by atoms with Crippen molar-refractivity contribution in [3.8, 4) is 5.69 Å². The number of halogens is 1. The van der Waals surface area contributed by atoms with Crippen LogP contribution in [0.2, 0.25) is 0 Å². The molecule has 0 aliphatic heterocycles. The van der Waals surface area contributed by atoms with E-state index >= 15 is 0 Å². The standard InChI is InChI=1S/C18H15FN4O2/c1-11-6-5-9-16(20-11)21-18(25)17-15(24)10-12(2)23(22-17)14-8-4-3-7-13(14)19/h3-10H,1-2H3,(H,20,21,25). The van der Waals surface area contributed by atoms with Gasteiger partial charge in [-0.1, -0.05) is 18.2 Å². The lowest BCUT2D eigenvalue weighted by molar-refractivity contribution is 0.101. The van der Waals surface area contributed by atoms with Crippen LogP contribution in [0.3, 0.4) is 0 Å². The molecular formula is C18H15FN4O2. The molecule has 0 saturated carbocycles. The minimum Gasteiger partial charge on any atom is -0.305 e. The highest BCUT2D eigenvalue weighted by Gasteiger charge is 2.17. The molecule has 0 fully saturated rings. The van der Waals surface area contributed by atoms with Gasteiger partial charge in [-0.2, -0.15) is 5.10 Å². The number of carbonyl (C=O) groups is 1. The average Bonchev–Trinajstić information content (AvgIpc) is 2.56. The first kappa shape index (κ1) is 16.5. The summed E-state index contributed by atoms with van der Waals surface area (Å²) in [5.41, 5.74) is 0.411. The predicted octanol–water partition coefficient (Wildman–Crippen LogP) is 2.64. The smallest absolute Gasteiger partial charge is 0.281 e. The number of nitrogens with one attached hydrogen (secondary N) is 1. The quantitative estimate of drug-likeness (QED) is 0.796. The van der Waals surface area contributed by atoms with Crippen LogP contribution in [-0.2, 0) is 0 Å². The van der Waals surface area contributed by atoms with Gasteiger partial charge in [-0.25, -0.2) is 14.1 Å². The molecule has 2 heterocycles. The number of hydrogen-bond acceptors (Lipinski definition) is 4. The number of pyridine rings is 1. The number of amides is 1. The zero-order chi connectivity index (χ0) is 18.0. The summed E-state index contributed by atoms with van der Waals surface area (Å²) in [6.07, 6.45) is 0. The Morgan fingerprint density at radius 3 is 2.60 bits per heavy atom. The van der Waals surface area contributed by atoms with Gasteiger partial charge < -0.3 is 5.32 Å². The third kappa shape index (κ3) is 3.45. The van der Waals surface area contributed by atoms with Gasteiger partial charge in [0.2, 0.25) is 5.43 Å². The fourth-order valence-corrected chi connectivity index (χ4v) is 2.36. The number of anilines is 1. The summed E-state index contributed by atoms with van der Waals surface area (Å²) < 4.78 is 15.3. The second kappa shape index (κ2) is 6.64. The molecule has 0 atom stereocenters. The van der Waals surface area contributed by atoms with Crippen molar-refractivity contribution in [3.63, 3.8) is 0 Å². The van der Waals surface area contributed by atoms with Crippen LogP contribution in [0.25, 0.3) is 5.69 Å². The highest BCUT2D eigenvalue weighted by Crippen LogP contribution is 2.13. The molecule has 3 rings (SSSR count). The van der Waals surface area contributed by atoms with Gasteiger partial charge in [-0.05, 0) is 38.1 Å². The minimum absolute atomic E-state index is 0.155. The van der Waals surface area contributed by atoms with Gasteiger partial charge in [0.25, 0.3) is 5.91 Å². The van der Waals surface area contributed by atoms with E-state index in [0.29, 0.717) is 11.5 Å². The molecule has 7 heteroatoms. The van der Waals surface area contributed by atoms with Crippen molar-refractivity contribution in [2.24, 2.45) is 0 Å².